The molecule has 2 aromatic carbocycles. The zero-order chi connectivity index (χ0) is 20.7. The molecule has 0 heterocycles. The van der Waals surface area contributed by atoms with Gasteiger partial charge in [-0.2, -0.15) is 0 Å². The molecule has 2 rings (SSSR count). The summed E-state index contributed by atoms with van der Waals surface area (Å²) in [5, 5.41) is 3.66. The number of rotatable bonds is 8. The molecule has 0 aliphatic carbocycles. The first kappa shape index (κ1) is 22.1. The van der Waals surface area contributed by atoms with Gasteiger partial charge in [-0.25, -0.2) is 0 Å². The van der Waals surface area contributed by atoms with Crippen LogP contribution in [0.1, 0.15) is 26.3 Å². The van der Waals surface area contributed by atoms with E-state index in [1.807, 2.05) is 32.0 Å². The van der Waals surface area contributed by atoms with E-state index in [1.165, 1.54) is 4.90 Å². The highest BCUT2D eigenvalue weighted by molar-refractivity contribution is 6.42. The Bertz CT molecular complexity index is 813. The molecule has 0 saturated heterocycles. The molecule has 28 heavy (non-hydrogen) atoms. The summed E-state index contributed by atoms with van der Waals surface area (Å²) in [6, 6.07) is 13.5. The second kappa shape index (κ2) is 10.3. The summed E-state index contributed by atoms with van der Waals surface area (Å²) < 4.78 is 5.57. The molecule has 0 bridgehead atoms. The summed E-state index contributed by atoms with van der Waals surface area (Å²) >= 11 is 12.1. The molecule has 0 fully saturated rings. The van der Waals surface area contributed by atoms with E-state index in [0.29, 0.717) is 15.8 Å². The second-order valence-electron chi connectivity index (χ2n) is 6.71. The van der Waals surface area contributed by atoms with Crippen molar-refractivity contribution < 1.29 is 14.3 Å². The quantitative estimate of drug-likeness (QED) is 0.688. The van der Waals surface area contributed by atoms with Crippen LogP contribution in [-0.2, 0) is 16.1 Å². The third kappa shape index (κ3) is 6.43. The van der Waals surface area contributed by atoms with Crippen LogP contribution in [0, 0.1) is 0 Å². The van der Waals surface area contributed by atoms with E-state index < -0.39 is 6.04 Å². The van der Waals surface area contributed by atoms with Gasteiger partial charge >= 0.3 is 0 Å². The second-order valence-corrected chi connectivity index (χ2v) is 7.53. The van der Waals surface area contributed by atoms with E-state index in [2.05, 4.69) is 5.32 Å². The van der Waals surface area contributed by atoms with Crippen molar-refractivity contribution in [3.63, 3.8) is 0 Å². The predicted octanol–water partition coefficient (Wildman–Crippen LogP) is 4.31. The summed E-state index contributed by atoms with van der Waals surface area (Å²) in [7, 11) is 0. The van der Waals surface area contributed by atoms with Crippen LogP contribution >= 0.6 is 23.2 Å². The summed E-state index contributed by atoms with van der Waals surface area (Å²) in [5.74, 6) is 0.0501. The van der Waals surface area contributed by atoms with E-state index in [0.717, 1.165) is 5.56 Å². The zero-order valence-electron chi connectivity index (χ0n) is 16.1. The van der Waals surface area contributed by atoms with Gasteiger partial charge in [0.2, 0.25) is 5.91 Å². The molecule has 0 saturated carbocycles. The highest BCUT2D eigenvalue weighted by Gasteiger charge is 2.27. The van der Waals surface area contributed by atoms with Crippen molar-refractivity contribution in [2.45, 2.75) is 39.4 Å². The standard InChI is InChI=1S/C21H24Cl2N2O3/c1-14(2)24-21(27)15(3)25(12-16-9-10-18(22)19(23)11-16)20(26)13-28-17-7-5-4-6-8-17/h4-11,14-15H,12-13H2,1-3H3,(H,24,27)/t15-/m0/s1. The van der Waals surface area contributed by atoms with Crippen LogP contribution in [0.25, 0.3) is 0 Å². The predicted molar refractivity (Wildman–Crippen MR) is 112 cm³/mol. The van der Waals surface area contributed by atoms with Gasteiger partial charge in [-0.3, -0.25) is 9.59 Å². The first-order valence-electron chi connectivity index (χ1n) is 8.99. The number of carbonyl (C=O) groups is 2. The maximum absolute atomic E-state index is 12.9. The number of nitrogens with zero attached hydrogens (tertiary/aromatic N) is 1. The van der Waals surface area contributed by atoms with Crippen LogP contribution in [0.3, 0.4) is 0 Å². The summed E-state index contributed by atoms with van der Waals surface area (Å²) in [5.41, 5.74) is 0.770. The van der Waals surface area contributed by atoms with Gasteiger partial charge in [0.1, 0.15) is 11.8 Å². The summed E-state index contributed by atoms with van der Waals surface area (Å²) in [6.45, 7) is 5.46. The number of carbonyl (C=O) groups excluding carboxylic acids is 2. The Morgan fingerprint density at radius 2 is 1.71 bits per heavy atom. The van der Waals surface area contributed by atoms with Crippen LogP contribution in [0.2, 0.25) is 10.0 Å². The van der Waals surface area contributed by atoms with E-state index in [9.17, 15) is 9.59 Å². The molecule has 0 unspecified atom stereocenters. The largest absolute Gasteiger partial charge is 0.484 e. The lowest BCUT2D eigenvalue weighted by Gasteiger charge is -2.29. The lowest BCUT2D eigenvalue weighted by atomic mass is 10.1. The zero-order valence-corrected chi connectivity index (χ0v) is 17.6. The average molecular weight is 423 g/mol. The lowest BCUT2D eigenvalue weighted by molar-refractivity contribution is -0.142. The molecule has 0 aromatic heterocycles. The lowest BCUT2D eigenvalue weighted by Crippen LogP contribution is -2.50. The van der Waals surface area contributed by atoms with Crippen molar-refractivity contribution in [1.82, 2.24) is 10.2 Å². The van der Waals surface area contributed by atoms with Crippen molar-refractivity contribution in [1.29, 1.82) is 0 Å². The van der Waals surface area contributed by atoms with Crippen LogP contribution < -0.4 is 10.1 Å². The maximum atomic E-state index is 12.9. The number of nitrogens with one attached hydrogen (secondary N) is 1. The van der Waals surface area contributed by atoms with Crippen molar-refractivity contribution in [2.24, 2.45) is 0 Å². The van der Waals surface area contributed by atoms with Gasteiger partial charge in [0, 0.05) is 12.6 Å². The van der Waals surface area contributed by atoms with E-state index in [1.54, 1.807) is 37.3 Å². The minimum absolute atomic E-state index is 0.0301. The average Bonchev–Trinajstić information content (AvgIpc) is 2.66. The number of hydrogen-bond donors (Lipinski definition) is 1. The van der Waals surface area contributed by atoms with E-state index >= 15 is 0 Å². The third-order valence-corrected chi connectivity index (χ3v) is 4.78. The monoisotopic (exact) mass is 422 g/mol. The highest BCUT2D eigenvalue weighted by atomic mass is 35.5. The molecule has 2 aromatic rings. The number of benzene rings is 2. The minimum atomic E-state index is -0.677. The Labute approximate surface area is 175 Å². The molecule has 150 valence electrons. The molecule has 0 aliphatic heterocycles. The molecule has 2 amide bonds. The minimum Gasteiger partial charge on any atom is -0.484 e. The van der Waals surface area contributed by atoms with Crippen LogP contribution in [0.5, 0.6) is 5.75 Å². The Morgan fingerprint density at radius 3 is 2.32 bits per heavy atom. The van der Waals surface area contributed by atoms with Crippen molar-refractivity contribution in [3.05, 3.63) is 64.1 Å². The Balaban J connectivity index is 2.17. The molecule has 5 nitrogen and oxygen atoms in total. The van der Waals surface area contributed by atoms with Crippen molar-refractivity contribution >= 4 is 35.0 Å². The van der Waals surface area contributed by atoms with Crippen LogP contribution in [-0.4, -0.2) is 35.4 Å². The van der Waals surface area contributed by atoms with Gasteiger partial charge in [0.25, 0.3) is 5.91 Å². The van der Waals surface area contributed by atoms with Crippen LogP contribution in [0.4, 0.5) is 0 Å². The smallest absolute Gasteiger partial charge is 0.261 e. The van der Waals surface area contributed by atoms with Gasteiger partial charge < -0.3 is 15.0 Å². The normalized spacial score (nSPS) is 11.8. The van der Waals surface area contributed by atoms with E-state index in [-0.39, 0.29) is 31.0 Å². The van der Waals surface area contributed by atoms with Gasteiger partial charge in [0.15, 0.2) is 6.61 Å². The fourth-order valence-corrected chi connectivity index (χ4v) is 2.89. The summed E-state index contributed by atoms with van der Waals surface area (Å²) in [6.07, 6.45) is 0. The molecule has 7 heteroatoms. The fraction of sp³-hybridized carbons (Fsp3) is 0.333. The number of hydrogen-bond acceptors (Lipinski definition) is 3. The van der Waals surface area contributed by atoms with Gasteiger partial charge in [0.05, 0.1) is 10.0 Å². The summed E-state index contributed by atoms with van der Waals surface area (Å²) in [4.78, 5) is 26.8. The number of para-hydroxylation sites is 1. The van der Waals surface area contributed by atoms with Crippen molar-refractivity contribution in [3.8, 4) is 5.75 Å². The van der Waals surface area contributed by atoms with E-state index in [4.69, 9.17) is 27.9 Å². The Morgan fingerprint density at radius 1 is 1.04 bits per heavy atom. The van der Waals surface area contributed by atoms with Gasteiger partial charge in [-0.15, -0.1) is 0 Å². The number of ether oxygens (including phenoxy) is 1. The van der Waals surface area contributed by atoms with Crippen LogP contribution in [0.15, 0.2) is 48.5 Å². The first-order valence-corrected chi connectivity index (χ1v) is 9.75. The molecular weight excluding hydrogens is 399 g/mol. The maximum Gasteiger partial charge on any atom is 0.261 e. The molecule has 0 aliphatic rings. The van der Waals surface area contributed by atoms with Gasteiger partial charge in [-0.1, -0.05) is 47.5 Å². The third-order valence-electron chi connectivity index (χ3n) is 4.04. The molecule has 1 N–H and O–H groups in total. The first-order chi connectivity index (χ1) is 13.3. The SMILES string of the molecule is CC(C)NC(=O)[C@H](C)N(Cc1ccc(Cl)c(Cl)c1)C(=O)COc1ccccc1. The highest BCUT2D eigenvalue weighted by Crippen LogP contribution is 2.24. The number of amides is 2. The molecule has 0 radical (unpaired) electrons. The Kier molecular flexibility index (Phi) is 8.15. The Hall–Kier alpha value is -2.24. The fourth-order valence-electron chi connectivity index (χ4n) is 2.57. The van der Waals surface area contributed by atoms with Gasteiger partial charge in [-0.05, 0) is 50.6 Å². The molecule has 0 spiro atoms. The molecular formula is C21H24Cl2N2O3. The molecule has 1 atom stereocenters. The van der Waals surface area contributed by atoms with Crippen molar-refractivity contribution in [2.75, 3.05) is 6.61 Å². The topological polar surface area (TPSA) is 58.6 Å². The number of halogens is 2.